The third kappa shape index (κ3) is 3.34. The van der Waals surface area contributed by atoms with E-state index in [4.69, 9.17) is 11.6 Å². The number of likely N-dealkylation sites (tertiary alicyclic amines) is 1. The topological polar surface area (TPSA) is 38.1 Å². The van der Waals surface area contributed by atoms with Crippen LogP contribution in [0.2, 0.25) is 5.02 Å². The highest BCUT2D eigenvalue weighted by atomic mass is 35.5. The zero-order valence-electron chi connectivity index (χ0n) is 14.5. The van der Waals surface area contributed by atoms with E-state index < -0.39 is 0 Å². The first-order valence-corrected chi connectivity index (χ1v) is 8.93. The molecule has 1 aliphatic heterocycles. The molecule has 3 rings (SSSR count). The van der Waals surface area contributed by atoms with Gasteiger partial charge < -0.3 is 9.47 Å². The van der Waals surface area contributed by atoms with Gasteiger partial charge in [-0.25, -0.2) is 4.98 Å². The number of hydrogen-bond donors (Lipinski definition) is 0. The number of aryl methyl sites for hydroxylation is 1. The number of halogens is 1. The van der Waals surface area contributed by atoms with Crippen LogP contribution in [0.3, 0.4) is 0 Å². The number of imidazole rings is 1. The Morgan fingerprint density at radius 1 is 1.38 bits per heavy atom. The van der Waals surface area contributed by atoms with Crippen LogP contribution in [0.25, 0.3) is 0 Å². The first-order chi connectivity index (χ1) is 11.5. The highest BCUT2D eigenvalue weighted by Crippen LogP contribution is 2.28. The van der Waals surface area contributed by atoms with Crippen molar-refractivity contribution in [2.24, 2.45) is 0 Å². The number of aromatic nitrogens is 2. The Kier molecular flexibility index (Phi) is 4.95. The predicted octanol–water partition coefficient (Wildman–Crippen LogP) is 4.45. The Morgan fingerprint density at radius 3 is 2.88 bits per heavy atom. The summed E-state index contributed by atoms with van der Waals surface area (Å²) in [6.07, 6.45) is 5.98. The molecular formula is C19H24ClN3O. The molecule has 1 aliphatic rings. The van der Waals surface area contributed by atoms with Crippen molar-refractivity contribution >= 4 is 17.5 Å². The largest absolute Gasteiger partial charge is 0.338 e. The minimum absolute atomic E-state index is 0.0853. The molecule has 0 aliphatic carbocycles. The fourth-order valence-electron chi connectivity index (χ4n) is 3.41. The number of rotatable bonds is 3. The minimum atomic E-state index is 0.0853. The molecule has 0 radical (unpaired) electrons. The number of benzene rings is 1. The summed E-state index contributed by atoms with van der Waals surface area (Å²) in [7, 11) is 0. The van der Waals surface area contributed by atoms with E-state index in [1.165, 1.54) is 0 Å². The van der Waals surface area contributed by atoms with Gasteiger partial charge in [0.25, 0.3) is 5.91 Å². The predicted molar refractivity (Wildman–Crippen MR) is 96.7 cm³/mol. The van der Waals surface area contributed by atoms with Crippen molar-refractivity contribution in [3.63, 3.8) is 0 Å². The van der Waals surface area contributed by atoms with Crippen molar-refractivity contribution in [2.75, 3.05) is 13.1 Å². The van der Waals surface area contributed by atoms with E-state index in [1.54, 1.807) is 6.07 Å². The third-order valence-corrected chi connectivity index (χ3v) is 5.16. The molecule has 5 heteroatoms. The van der Waals surface area contributed by atoms with Crippen molar-refractivity contribution in [3.05, 3.63) is 52.6 Å². The second-order valence-electron chi connectivity index (χ2n) is 6.84. The van der Waals surface area contributed by atoms with E-state index in [0.29, 0.717) is 22.5 Å². The highest BCUT2D eigenvalue weighted by Gasteiger charge is 2.28. The zero-order chi connectivity index (χ0) is 17.3. The Balaban J connectivity index is 1.79. The van der Waals surface area contributed by atoms with E-state index in [0.717, 1.165) is 37.3 Å². The molecule has 1 aromatic heterocycles. The van der Waals surface area contributed by atoms with Crippen LogP contribution >= 0.6 is 11.6 Å². The highest BCUT2D eigenvalue weighted by molar-refractivity contribution is 6.31. The second kappa shape index (κ2) is 6.98. The molecule has 1 amide bonds. The second-order valence-corrected chi connectivity index (χ2v) is 7.25. The van der Waals surface area contributed by atoms with Crippen LogP contribution in [0.4, 0.5) is 0 Å². The lowest BCUT2D eigenvalue weighted by molar-refractivity contribution is 0.0703. The van der Waals surface area contributed by atoms with Gasteiger partial charge in [-0.05, 0) is 57.4 Å². The van der Waals surface area contributed by atoms with Gasteiger partial charge >= 0.3 is 0 Å². The molecule has 1 atom stereocenters. The minimum Gasteiger partial charge on any atom is -0.338 e. The summed E-state index contributed by atoms with van der Waals surface area (Å²) in [4.78, 5) is 19.4. The van der Waals surface area contributed by atoms with Crippen LogP contribution in [-0.4, -0.2) is 33.4 Å². The lowest BCUT2D eigenvalue weighted by Crippen LogP contribution is -2.39. The van der Waals surface area contributed by atoms with Gasteiger partial charge in [0.1, 0.15) is 5.82 Å². The molecule has 1 saturated heterocycles. The Morgan fingerprint density at radius 2 is 2.17 bits per heavy atom. The summed E-state index contributed by atoms with van der Waals surface area (Å²) in [6.45, 7) is 7.78. The maximum Gasteiger partial charge on any atom is 0.253 e. The van der Waals surface area contributed by atoms with Gasteiger partial charge in [0.15, 0.2) is 0 Å². The molecule has 2 aromatic rings. The average molecular weight is 346 g/mol. The van der Waals surface area contributed by atoms with E-state index in [9.17, 15) is 4.79 Å². The summed E-state index contributed by atoms with van der Waals surface area (Å²) in [5, 5.41) is 0.696. The quantitative estimate of drug-likeness (QED) is 0.824. The summed E-state index contributed by atoms with van der Waals surface area (Å²) in [5.41, 5.74) is 1.65. The molecule has 1 fully saturated rings. The molecule has 0 saturated carbocycles. The summed E-state index contributed by atoms with van der Waals surface area (Å²) in [6, 6.07) is 5.88. The van der Waals surface area contributed by atoms with Gasteiger partial charge in [0.05, 0.1) is 0 Å². The van der Waals surface area contributed by atoms with E-state index in [-0.39, 0.29) is 5.91 Å². The number of hydrogen-bond acceptors (Lipinski definition) is 2. The maximum atomic E-state index is 12.9. The van der Waals surface area contributed by atoms with E-state index in [1.807, 2.05) is 36.4 Å². The van der Waals surface area contributed by atoms with Crippen LogP contribution in [0.5, 0.6) is 0 Å². The van der Waals surface area contributed by atoms with Crippen LogP contribution in [0, 0.1) is 6.92 Å². The van der Waals surface area contributed by atoms with Crippen LogP contribution in [0.15, 0.2) is 30.6 Å². The Labute approximate surface area is 148 Å². The monoisotopic (exact) mass is 345 g/mol. The first kappa shape index (κ1) is 17.0. The van der Waals surface area contributed by atoms with Crippen molar-refractivity contribution in [1.82, 2.24) is 14.5 Å². The van der Waals surface area contributed by atoms with E-state index >= 15 is 0 Å². The number of nitrogens with zero attached hydrogens (tertiary/aromatic N) is 3. The van der Waals surface area contributed by atoms with Crippen LogP contribution in [-0.2, 0) is 0 Å². The lowest BCUT2D eigenvalue weighted by atomic mass is 9.96. The van der Waals surface area contributed by atoms with Crippen LogP contribution in [0.1, 0.15) is 60.4 Å². The molecule has 2 heterocycles. The molecule has 0 unspecified atom stereocenters. The van der Waals surface area contributed by atoms with Crippen molar-refractivity contribution in [3.8, 4) is 0 Å². The lowest BCUT2D eigenvalue weighted by Gasteiger charge is -2.33. The standard InChI is InChI=1S/C19H24ClN3O/c1-13(2)23-10-8-21-18(23)16-5-4-9-22(12-16)19(24)15-6-7-17(20)14(3)11-15/h6-8,10-11,13,16H,4-5,9,12H2,1-3H3/t16-/m0/s1. The molecule has 1 aromatic carbocycles. The summed E-state index contributed by atoms with van der Waals surface area (Å²) < 4.78 is 2.21. The van der Waals surface area contributed by atoms with Crippen LogP contribution < -0.4 is 0 Å². The molecule has 0 spiro atoms. The van der Waals surface area contributed by atoms with Gasteiger partial charge in [-0.15, -0.1) is 0 Å². The Bertz CT molecular complexity index is 738. The average Bonchev–Trinajstić information content (AvgIpc) is 3.07. The Hall–Kier alpha value is -1.81. The number of piperidine rings is 1. The maximum absolute atomic E-state index is 12.9. The molecular weight excluding hydrogens is 322 g/mol. The van der Waals surface area contributed by atoms with Gasteiger partial charge in [-0.3, -0.25) is 4.79 Å². The first-order valence-electron chi connectivity index (χ1n) is 8.55. The molecule has 0 N–H and O–H groups in total. The van der Waals surface area contributed by atoms with Crippen molar-refractivity contribution in [1.29, 1.82) is 0 Å². The number of carbonyl (C=O) groups excluding carboxylic acids is 1. The summed E-state index contributed by atoms with van der Waals surface area (Å²) >= 11 is 6.07. The van der Waals surface area contributed by atoms with Gasteiger partial charge in [0.2, 0.25) is 0 Å². The molecule has 4 nitrogen and oxygen atoms in total. The van der Waals surface area contributed by atoms with Gasteiger partial charge in [-0.1, -0.05) is 11.6 Å². The molecule has 24 heavy (non-hydrogen) atoms. The normalized spacial score (nSPS) is 18.2. The van der Waals surface area contributed by atoms with Gasteiger partial charge in [0, 0.05) is 48.0 Å². The molecule has 128 valence electrons. The molecule has 0 bridgehead atoms. The third-order valence-electron chi connectivity index (χ3n) is 4.73. The van der Waals surface area contributed by atoms with Crippen molar-refractivity contribution < 1.29 is 4.79 Å². The van der Waals surface area contributed by atoms with Gasteiger partial charge in [-0.2, -0.15) is 0 Å². The zero-order valence-corrected chi connectivity index (χ0v) is 15.3. The van der Waals surface area contributed by atoms with Crippen molar-refractivity contribution in [2.45, 2.75) is 45.6 Å². The van der Waals surface area contributed by atoms with E-state index in [2.05, 4.69) is 23.4 Å². The smallest absolute Gasteiger partial charge is 0.253 e. The number of amides is 1. The summed E-state index contributed by atoms with van der Waals surface area (Å²) in [5.74, 6) is 1.48. The fourth-order valence-corrected chi connectivity index (χ4v) is 3.53. The fraction of sp³-hybridized carbons (Fsp3) is 0.474. The number of carbonyl (C=O) groups is 1. The SMILES string of the molecule is Cc1cc(C(=O)N2CCC[C@H](c3nccn3C(C)C)C2)ccc1Cl.